The molecule has 0 unspecified atom stereocenters. The van der Waals surface area contributed by atoms with E-state index in [1.165, 1.54) is 19.1 Å². The lowest BCUT2D eigenvalue weighted by atomic mass is 10.2. The van der Waals surface area contributed by atoms with Gasteiger partial charge in [0.1, 0.15) is 5.82 Å². The molecule has 0 atom stereocenters. The smallest absolute Gasteiger partial charge is 0.254 e. The molecule has 4 rings (SSSR count). The molecule has 0 spiro atoms. The van der Waals surface area contributed by atoms with Gasteiger partial charge in [-0.1, -0.05) is 0 Å². The van der Waals surface area contributed by atoms with Gasteiger partial charge in [-0.2, -0.15) is 0 Å². The average Bonchev–Trinajstić information content (AvgIpc) is 3.11. The molecule has 30 heavy (non-hydrogen) atoms. The van der Waals surface area contributed by atoms with Crippen molar-refractivity contribution in [1.29, 1.82) is 0 Å². The van der Waals surface area contributed by atoms with Gasteiger partial charge >= 0.3 is 0 Å². The second-order valence-electron chi connectivity index (χ2n) is 7.38. The van der Waals surface area contributed by atoms with Gasteiger partial charge in [0.2, 0.25) is 5.91 Å². The quantitative estimate of drug-likeness (QED) is 0.703. The molecule has 10 heteroatoms. The van der Waals surface area contributed by atoms with Crippen LogP contribution in [0.2, 0.25) is 0 Å². The number of hydrogen-bond acceptors (Lipinski definition) is 5. The zero-order chi connectivity index (χ0) is 21.5. The van der Waals surface area contributed by atoms with Crippen LogP contribution in [0.4, 0.5) is 15.8 Å². The van der Waals surface area contributed by atoms with Gasteiger partial charge in [0.15, 0.2) is 0 Å². The maximum Gasteiger partial charge on any atom is 0.254 e. The number of amides is 1. The number of nitrogens with one attached hydrogen (secondary N) is 1. The number of carbonyl (C=O) groups excluding carboxylic acids is 1. The molecule has 0 aliphatic carbocycles. The summed E-state index contributed by atoms with van der Waals surface area (Å²) in [5.41, 5.74) is 2.50. The Morgan fingerprint density at radius 2 is 1.73 bits per heavy atom. The number of halogens is 2. The minimum absolute atomic E-state index is 0.107. The van der Waals surface area contributed by atoms with Gasteiger partial charge in [-0.15, -0.1) is 4.83 Å². The average molecular weight is 497 g/mol. The minimum atomic E-state index is -3.83. The molecule has 7 nitrogen and oxygen atoms in total. The van der Waals surface area contributed by atoms with E-state index in [1.807, 2.05) is 0 Å². The molecule has 1 N–H and O–H groups in total. The van der Waals surface area contributed by atoms with Crippen molar-refractivity contribution in [3.63, 3.8) is 0 Å². The molecule has 0 saturated carbocycles. The van der Waals surface area contributed by atoms with Crippen LogP contribution in [-0.2, 0) is 21.2 Å². The van der Waals surface area contributed by atoms with E-state index in [-0.39, 0.29) is 16.6 Å². The summed E-state index contributed by atoms with van der Waals surface area (Å²) in [6.07, 6.45) is 0.701. The van der Waals surface area contributed by atoms with E-state index < -0.39 is 10.0 Å². The van der Waals surface area contributed by atoms with Crippen molar-refractivity contribution < 1.29 is 17.6 Å². The number of carbonyl (C=O) groups is 1. The van der Waals surface area contributed by atoms with Crippen molar-refractivity contribution in [2.24, 2.45) is 0 Å². The summed E-state index contributed by atoms with van der Waals surface area (Å²) in [6.45, 7) is 4.22. The Morgan fingerprint density at radius 3 is 2.37 bits per heavy atom. The molecular formula is C20H22BrFN4O3S. The first-order valence-electron chi connectivity index (χ1n) is 9.63. The Kier molecular flexibility index (Phi) is 5.84. The highest BCUT2D eigenvalue weighted by atomic mass is 79.9. The van der Waals surface area contributed by atoms with E-state index in [0.29, 0.717) is 49.3 Å². The van der Waals surface area contributed by atoms with Crippen molar-refractivity contribution in [2.45, 2.75) is 18.2 Å². The Hall–Kier alpha value is -2.01. The Morgan fingerprint density at radius 1 is 1.07 bits per heavy atom. The number of benzene rings is 2. The summed E-state index contributed by atoms with van der Waals surface area (Å²) < 4.78 is 39.7. The van der Waals surface area contributed by atoms with E-state index in [0.717, 1.165) is 11.3 Å². The second-order valence-corrected chi connectivity index (χ2v) is 9.86. The number of hydrogen-bond donors (Lipinski definition) is 1. The lowest BCUT2D eigenvalue weighted by molar-refractivity contribution is -0.116. The Bertz CT molecular complexity index is 1070. The van der Waals surface area contributed by atoms with E-state index in [1.54, 1.807) is 34.2 Å². The standard InChI is InChI=1S/C20H22BrFN4O3S/c1-14(27)26-7-6-15-12-18(21)20(13-19(15)26)30(28,29)23-25-10-8-24(9-11-25)17-4-2-16(22)3-5-17/h2-5,12-13,23H,6-11H2,1H3. The van der Waals surface area contributed by atoms with E-state index >= 15 is 0 Å². The summed E-state index contributed by atoms with van der Waals surface area (Å²) in [5, 5.41) is 1.66. The summed E-state index contributed by atoms with van der Waals surface area (Å²) in [4.78, 5) is 18.3. The molecule has 160 valence electrons. The van der Waals surface area contributed by atoms with Crippen LogP contribution in [0.3, 0.4) is 0 Å². The maximum absolute atomic E-state index is 13.1. The van der Waals surface area contributed by atoms with Crippen LogP contribution in [0.25, 0.3) is 0 Å². The SMILES string of the molecule is CC(=O)N1CCc2cc(Br)c(S(=O)(=O)NN3CCN(c4ccc(F)cc4)CC3)cc21. The van der Waals surface area contributed by atoms with Crippen LogP contribution in [0, 0.1) is 5.82 Å². The minimum Gasteiger partial charge on any atom is -0.369 e. The molecular weight excluding hydrogens is 475 g/mol. The van der Waals surface area contributed by atoms with Gasteiger partial charge in [-0.3, -0.25) is 4.79 Å². The fourth-order valence-electron chi connectivity index (χ4n) is 3.85. The highest BCUT2D eigenvalue weighted by Crippen LogP contribution is 2.35. The fourth-order valence-corrected chi connectivity index (χ4v) is 6.08. The third-order valence-electron chi connectivity index (χ3n) is 5.42. The molecule has 2 aromatic carbocycles. The van der Waals surface area contributed by atoms with Gasteiger partial charge in [0, 0.05) is 55.5 Å². The normalized spacial score (nSPS) is 17.3. The van der Waals surface area contributed by atoms with Crippen LogP contribution in [-0.4, -0.2) is 52.1 Å². The molecule has 0 radical (unpaired) electrons. The second kappa shape index (κ2) is 8.26. The molecule has 2 aliphatic heterocycles. The van der Waals surface area contributed by atoms with E-state index in [2.05, 4.69) is 25.7 Å². The van der Waals surface area contributed by atoms with Crippen molar-refractivity contribution in [2.75, 3.05) is 42.5 Å². The summed E-state index contributed by atoms with van der Waals surface area (Å²) >= 11 is 3.37. The summed E-state index contributed by atoms with van der Waals surface area (Å²) in [6, 6.07) is 9.61. The fraction of sp³-hybridized carbons (Fsp3) is 0.350. The first-order chi connectivity index (χ1) is 14.2. The monoisotopic (exact) mass is 496 g/mol. The largest absolute Gasteiger partial charge is 0.369 e. The summed E-state index contributed by atoms with van der Waals surface area (Å²) in [5.74, 6) is -0.391. The number of anilines is 2. The number of hydrazine groups is 1. The lowest BCUT2D eigenvalue weighted by Gasteiger charge is -2.35. The predicted octanol–water partition coefficient (Wildman–Crippen LogP) is 2.51. The van der Waals surface area contributed by atoms with Gasteiger partial charge in [0.05, 0.1) is 4.90 Å². The van der Waals surface area contributed by atoms with Crippen LogP contribution >= 0.6 is 15.9 Å². The van der Waals surface area contributed by atoms with Crippen LogP contribution in [0.5, 0.6) is 0 Å². The van der Waals surface area contributed by atoms with Crippen LogP contribution in [0.1, 0.15) is 12.5 Å². The summed E-state index contributed by atoms with van der Waals surface area (Å²) in [7, 11) is -3.83. The predicted molar refractivity (Wildman–Crippen MR) is 116 cm³/mol. The van der Waals surface area contributed by atoms with E-state index in [4.69, 9.17) is 0 Å². The Balaban J connectivity index is 1.47. The molecule has 0 aromatic heterocycles. The maximum atomic E-state index is 13.1. The molecule has 2 heterocycles. The highest BCUT2D eigenvalue weighted by Gasteiger charge is 2.29. The molecule has 1 saturated heterocycles. The van der Waals surface area contributed by atoms with E-state index in [9.17, 15) is 17.6 Å². The van der Waals surface area contributed by atoms with Gasteiger partial charge in [-0.05, 0) is 64.3 Å². The number of piperazine rings is 1. The van der Waals surface area contributed by atoms with Crippen LogP contribution < -0.4 is 14.6 Å². The Labute approximate surface area is 183 Å². The van der Waals surface area contributed by atoms with Crippen molar-refractivity contribution in [3.05, 3.63) is 52.3 Å². The number of rotatable bonds is 4. The molecule has 0 bridgehead atoms. The third-order valence-corrected chi connectivity index (χ3v) is 7.75. The van der Waals surface area contributed by atoms with Gasteiger partial charge in [-0.25, -0.2) is 17.8 Å². The lowest BCUT2D eigenvalue weighted by Crippen LogP contribution is -2.53. The number of fused-ring (bicyclic) bond motifs is 1. The van der Waals surface area contributed by atoms with Gasteiger partial charge in [0.25, 0.3) is 10.0 Å². The molecule has 2 aromatic rings. The molecule has 1 amide bonds. The third kappa shape index (κ3) is 4.22. The van der Waals surface area contributed by atoms with Crippen molar-refractivity contribution >= 4 is 43.2 Å². The topological polar surface area (TPSA) is 73.0 Å². The van der Waals surface area contributed by atoms with Crippen LogP contribution in [0.15, 0.2) is 45.8 Å². The molecule has 1 fully saturated rings. The van der Waals surface area contributed by atoms with Crippen molar-refractivity contribution in [1.82, 2.24) is 9.84 Å². The number of sulfonamides is 1. The highest BCUT2D eigenvalue weighted by molar-refractivity contribution is 9.10. The first kappa shape index (κ1) is 21.2. The number of nitrogens with zero attached hydrogens (tertiary/aromatic N) is 3. The van der Waals surface area contributed by atoms with Crippen molar-refractivity contribution in [3.8, 4) is 0 Å². The zero-order valence-electron chi connectivity index (χ0n) is 16.4. The first-order valence-corrected chi connectivity index (χ1v) is 11.9. The van der Waals surface area contributed by atoms with Gasteiger partial charge < -0.3 is 9.80 Å². The zero-order valence-corrected chi connectivity index (χ0v) is 18.8. The molecule has 2 aliphatic rings.